The summed E-state index contributed by atoms with van der Waals surface area (Å²) < 4.78 is 12.9. The topological polar surface area (TPSA) is 55.8 Å². The summed E-state index contributed by atoms with van der Waals surface area (Å²) in [6, 6.07) is 11.6. The van der Waals surface area contributed by atoms with Crippen LogP contribution in [0.4, 0.5) is 4.79 Å². The Labute approximate surface area is 223 Å². The number of imide groups is 1. The van der Waals surface area contributed by atoms with E-state index >= 15 is 0 Å². The van der Waals surface area contributed by atoms with Gasteiger partial charge in [0, 0.05) is 10.1 Å². The molecule has 34 heavy (non-hydrogen) atoms. The molecule has 0 bridgehead atoms. The monoisotopic (exact) mass is 611 g/mol. The predicted molar refractivity (Wildman–Crippen MR) is 145 cm³/mol. The SMILES string of the molecule is CCOc1cc(/C=C2/SC(=O)N(CC3CCCCC3)C2=O)cc(Cl)c1OCc1ccc(I)cc1. The van der Waals surface area contributed by atoms with Crippen LogP contribution in [0, 0.1) is 9.49 Å². The molecular formula is C26H27ClINO4S. The second-order valence-electron chi connectivity index (χ2n) is 8.47. The molecule has 0 unspecified atom stereocenters. The van der Waals surface area contributed by atoms with E-state index in [0.29, 0.717) is 52.7 Å². The van der Waals surface area contributed by atoms with Crippen molar-refractivity contribution in [1.82, 2.24) is 4.90 Å². The first-order chi connectivity index (χ1) is 16.4. The summed E-state index contributed by atoms with van der Waals surface area (Å²) in [7, 11) is 0. The lowest BCUT2D eigenvalue weighted by atomic mass is 9.89. The van der Waals surface area contributed by atoms with Crippen LogP contribution in [0.3, 0.4) is 0 Å². The molecule has 1 aliphatic heterocycles. The van der Waals surface area contributed by atoms with Gasteiger partial charge in [-0.2, -0.15) is 0 Å². The van der Waals surface area contributed by atoms with Crippen LogP contribution >= 0.6 is 46.0 Å². The number of carbonyl (C=O) groups excluding carboxylic acids is 2. The van der Waals surface area contributed by atoms with Gasteiger partial charge < -0.3 is 9.47 Å². The summed E-state index contributed by atoms with van der Waals surface area (Å²) in [5.74, 6) is 1.15. The van der Waals surface area contributed by atoms with Crippen molar-refractivity contribution in [2.75, 3.05) is 13.2 Å². The van der Waals surface area contributed by atoms with Crippen LogP contribution in [0.25, 0.3) is 6.08 Å². The highest BCUT2D eigenvalue weighted by atomic mass is 127. The fourth-order valence-electron chi connectivity index (χ4n) is 4.25. The molecule has 8 heteroatoms. The van der Waals surface area contributed by atoms with Crippen molar-refractivity contribution in [3.05, 3.63) is 61.0 Å². The molecule has 1 saturated carbocycles. The molecule has 0 atom stereocenters. The standard InChI is InChI=1S/C26H27ClINO4S/c1-2-32-22-13-19(12-21(27)24(22)33-16-18-8-10-20(28)11-9-18)14-23-25(30)29(26(31)34-23)15-17-6-4-3-5-7-17/h8-14,17H,2-7,15-16H2,1H3/b23-14+. The number of thioether (sulfide) groups is 1. The summed E-state index contributed by atoms with van der Waals surface area (Å²) >= 11 is 9.81. The first-order valence-corrected chi connectivity index (χ1v) is 13.8. The maximum atomic E-state index is 13.0. The second-order valence-corrected chi connectivity index (χ2v) is 11.1. The van der Waals surface area contributed by atoms with Gasteiger partial charge in [0.25, 0.3) is 11.1 Å². The number of carbonyl (C=O) groups is 2. The van der Waals surface area contributed by atoms with Gasteiger partial charge in [0.05, 0.1) is 16.5 Å². The molecular weight excluding hydrogens is 585 g/mol. The molecule has 0 radical (unpaired) electrons. The third kappa shape index (κ3) is 6.29. The average Bonchev–Trinajstić information content (AvgIpc) is 3.08. The molecule has 1 saturated heterocycles. The van der Waals surface area contributed by atoms with Crippen molar-refractivity contribution in [3.8, 4) is 11.5 Å². The lowest BCUT2D eigenvalue weighted by Crippen LogP contribution is -2.34. The van der Waals surface area contributed by atoms with Crippen molar-refractivity contribution in [1.29, 1.82) is 0 Å². The van der Waals surface area contributed by atoms with E-state index in [-0.39, 0.29) is 11.1 Å². The highest BCUT2D eigenvalue weighted by Gasteiger charge is 2.36. The van der Waals surface area contributed by atoms with Gasteiger partial charge in [-0.15, -0.1) is 0 Å². The van der Waals surface area contributed by atoms with Crippen LogP contribution in [-0.2, 0) is 11.4 Å². The molecule has 2 aliphatic rings. The Morgan fingerprint density at radius 1 is 1.12 bits per heavy atom. The van der Waals surface area contributed by atoms with Crippen molar-refractivity contribution in [2.45, 2.75) is 45.6 Å². The van der Waals surface area contributed by atoms with E-state index in [9.17, 15) is 9.59 Å². The Morgan fingerprint density at radius 2 is 1.85 bits per heavy atom. The molecule has 1 heterocycles. The van der Waals surface area contributed by atoms with E-state index in [4.69, 9.17) is 21.1 Å². The third-order valence-electron chi connectivity index (χ3n) is 5.96. The zero-order valence-corrected chi connectivity index (χ0v) is 22.7. The van der Waals surface area contributed by atoms with Gasteiger partial charge in [-0.3, -0.25) is 14.5 Å². The number of amides is 2. The minimum atomic E-state index is -0.228. The second kappa shape index (κ2) is 11.8. The first-order valence-electron chi connectivity index (χ1n) is 11.5. The normalized spacial score (nSPS) is 18.1. The fraction of sp³-hybridized carbons (Fsp3) is 0.385. The molecule has 180 valence electrons. The zero-order chi connectivity index (χ0) is 24.1. The summed E-state index contributed by atoms with van der Waals surface area (Å²) in [6.45, 7) is 3.20. The Hall–Kier alpha value is -1.71. The number of hydrogen-bond donors (Lipinski definition) is 0. The van der Waals surface area contributed by atoms with Crippen LogP contribution < -0.4 is 9.47 Å². The van der Waals surface area contributed by atoms with E-state index in [0.717, 1.165) is 33.7 Å². The van der Waals surface area contributed by atoms with E-state index < -0.39 is 0 Å². The average molecular weight is 612 g/mol. The number of benzene rings is 2. The molecule has 1 aliphatic carbocycles. The fourth-order valence-corrected chi connectivity index (χ4v) is 5.73. The number of hydrogen-bond acceptors (Lipinski definition) is 5. The number of rotatable bonds is 8. The smallest absolute Gasteiger partial charge is 0.293 e. The summed E-state index contributed by atoms with van der Waals surface area (Å²) in [5.41, 5.74) is 1.72. The van der Waals surface area contributed by atoms with Gasteiger partial charge in [0.1, 0.15) is 6.61 Å². The number of halogens is 2. The minimum Gasteiger partial charge on any atom is -0.490 e. The van der Waals surface area contributed by atoms with Crippen LogP contribution in [0.1, 0.15) is 50.2 Å². The van der Waals surface area contributed by atoms with Crippen LogP contribution in [0.5, 0.6) is 11.5 Å². The zero-order valence-electron chi connectivity index (χ0n) is 19.0. The Balaban J connectivity index is 1.51. The van der Waals surface area contributed by atoms with Gasteiger partial charge in [0.15, 0.2) is 11.5 Å². The van der Waals surface area contributed by atoms with Gasteiger partial charge in [0.2, 0.25) is 0 Å². The number of ether oxygens (including phenoxy) is 2. The highest BCUT2D eigenvalue weighted by Crippen LogP contribution is 2.40. The summed E-state index contributed by atoms with van der Waals surface area (Å²) in [4.78, 5) is 27.3. The molecule has 4 rings (SSSR count). The summed E-state index contributed by atoms with van der Waals surface area (Å²) in [5, 5.41) is 0.194. The minimum absolute atomic E-state index is 0.199. The van der Waals surface area contributed by atoms with Crippen molar-refractivity contribution < 1.29 is 19.1 Å². The molecule has 5 nitrogen and oxygen atoms in total. The molecule has 0 spiro atoms. The van der Waals surface area contributed by atoms with E-state index in [1.54, 1.807) is 18.2 Å². The maximum absolute atomic E-state index is 13.0. The number of nitrogens with zero attached hydrogens (tertiary/aromatic N) is 1. The van der Waals surface area contributed by atoms with Gasteiger partial charge in [-0.25, -0.2) is 0 Å². The lowest BCUT2D eigenvalue weighted by Gasteiger charge is -2.25. The first kappa shape index (κ1) is 25.4. The van der Waals surface area contributed by atoms with Crippen LogP contribution in [0.2, 0.25) is 5.02 Å². The quantitative estimate of drug-likeness (QED) is 0.228. The predicted octanol–water partition coefficient (Wildman–Crippen LogP) is 7.54. The van der Waals surface area contributed by atoms with Gasteiger partial charge >= 0.3 is 0 Å². The molecule has 2 amide bonds. The van der Waals surface area contributed by atoms with Crippen molar-refractivity contribution in [2.24, 2.45) is 5.92 Å². The van der Waals surface area contributed by atoms with E-state index in [2.05, 4.69) is 22.6 Å². The van der Waals surface area contributed by atoms with E-state index in [1.807, 2.05) is 31.2 Å². The summed E-state index contributed by atoms with van der Waals surface area (Å²) in [6.07, 6.45) is 7.46. The Morgan fingerprint density at radius 3 is 2.56 bits per heavy atom. The van der Waals surface area contributed by atoms with E-state index in [1.165, 1.54) is 24.2 Å². The maximum Gasteiger partial charge on any atom is 0.293 e. The Bertz CT molecular complexity index is 1080. The van der Waals surface area contributed by atoms with Crippen molar-refractivity contribution in [3.63, 3.8) is 0 Å². The van der Waals surface area contributed by atoms with Gasteiger partial charge in [-0.1, -0.05) is 43.0 Å². The highest BCUT2D eigenvalue weighted by molar-refractivity contribution is 14.1. The third-order valence-corrected chi connectivity index (χ3v) is 7.87. The van der Waals surface area contributed by atoms with Crippen LogP contribution in [0.15, 0.2) is 41.3 Å². The molecule has 0 aromatic heterocycles. The molecule has 2 aromatic carbocycles. The lowest BCUT2D eigenvalue weighted by molar-refractivity contribution is -0.123. The Kier molecular flexibility index (Phi) is 8.82. The molecule has 2 fully saturated rings. The molecule has 0 N–H and O–H groups in total. The largest absolute Gasteiger partial charge is 0.490 e. The van der Waals surface area contributed by atoms with Gasteiger partial charge in [-0.05, 0) is 102 Å². The molecule has 2 aromatic rings. The van der Waals surface area contributed by atoms with Crippen molar-refractivity contribution >= 4 is 63.2 Å². The van der Waals surface area contributed by atoms with Crippen LogP contribution in [-0.4, -0.2) is 29.2 Å².